The van der Waals surface area contributed by atoms with E-state index in [4.69, 9.17) is 5.73 Å². The molecule has 2 heterocycles. The van der Waals surface area contributed by atoms with E-state index in [1.165, 1.54) is 12.1 Å². The third-order valence-electron chi connectivity index (χ3n) is 3.31. The number of anilines is 1. The minimum Gasteiger partial charge on any atom is -0.384 e. The molecule has 112 valence electrons. The molecule has 5 nitrogen and oxygen atoms in total. The topological polar surface area (TPSA) is 76.3 Å². The quantitative estimate of drug-likeness (QED) is 0.901. The van der Waals surface area contributed by atoms with E-state index in [1.54, 1.807) is 0 Å². The van der Waals surface area contributed by atoms with Crippen LogP contribution in [0, 0.1) is 5.92 Å². The Labute approximate surface area is 114 Å². The Hall–Kier alpha value is -1.35. The van der Waals surface area contributed by atoms with E-state index >= 15 is 0 Å². The van der Waals surface area contributed by atoms with Gasteiger partial charge in [-0.25, -0.2) is 13.4 Å². The van der Waals surface area contributed by atoms with E-state index in [1.807, 2.05) is 0 Å². The van der Waals surface area contributed by atoms with E-state index in [0.29, 0.717) is 0 Å². The summed E-state index contributed by atoms with van der Waals surface area (Å²) in [6.07, 6.45) is -3.59. The van der Waals surface area contributed by atoms with E-state index in [9.17, 15) is 21.6 Å². The molecule has 1 fully saturated rings. The molecule has 0 unspecified atom stereocenters. The first kappa shape index (κ1) is 15.0. The first-order valence-corrected chi connectivity index (χ1v) is 7.43. The average Bonchev–Trinajstić information content (AvgIpc) is 2.38. The molecule has 9 heteroatoms. The fraction of sp³-hybridized carbons (Fsp3) is 0.545. The van der Waals surface area contributed by atoms with Crippen molar-refractivity contribution in [1.29, 1.82) is 0 Å². The highest BCUT2D eigenvalue weighted by molar-refractivity contribution is 7.89. The van der Waals surface area contributed by atoms with Gasteiger partial charge in [0.25, 0.3) is 0 Å². The number of alkyl halides is 3. The standard InChI is InChI=1S/C11H14F3N3O2S/c12-11(13,14)8-3-5-17(6-4-8)20(18,19)9-1-2-10(15)16-7-9/h1-2,7-8H,3-6H2,(H2,15,16). The van der Waals surface area contributed by atoms with Gasteiger partial charge in [0, 0.05) is 19.3 Å². The molecule has 0 bridgehead atoms. The van der Waals surface area contributed by atoms with Crippen LogP contribution >= 0.6 is 0 Å². The smallest absolute Gasteiger partial charge is 0.384 e. The van der Waals surface area contributed by atoms with Gasteiger partial charge in [-0.1, -0.05) is 0 Å². The third-order valence-corrected chi connectivity index (χ3v) is 5.20. The molecule has 0 aliphatic carbocycles. The lowest BCUT2D eigenvalue weighted by atomic mass is 9.98. The van der Waals surface area contributed by atoms with Crippen molar-refractivity contribution in [2.75, 3.05) is 18.8 Å². The minimum absolute atomic E-state index is 0.0582. The van der Waals surface area contributed by atoms with Gasteiger partial charge < -0.3 is 5.73 Å². The van der Waals surface area contributed by atoms with Gasteiger partial charge in [-0.15, -0.1) is 0 Å². The summed E-state index contributed by atoms with van der Waals surface area (Å²) in [5.74, 6) is -1.25. The van der Waals surface area contributed by atoms with Gasteiger partial charge in [0.1, 0.15) is 10.7 Å². The summed E-state index contributed by atoms with van der Waals surface area (Å²) in [7, 11) is -3.80. The molecule has 0 amide bonds. The second-order valence-corrected chi connectivity index (χ2v) is 6.58. The number of piperidine rings is 1. The molecule has 20 heavy (non-hydrogen) atoms. The lowest BCUT2D eigenvalue weighted by Gasteiger charge is -2.32. The SMILES string of the molecule is Nc1ccc(S(=O)(=O)N2CCC(C(F)(F)F)CC2)cn1. The van der Waals surface area contributed by atoms with Crippen LogP contribution in [0.15, 0.2) is 23.2 Å². The molecule has 0 radical (unpaired) electrons. The average molecular weight is 309 g/mol. The number of hydrogen-bond donors (Lipinski definition) is 1. The summed E-state index contributed by atoms with van der Waals surface area (Å²) in [6, 6.07) is 2.64. The molecule has 1 aliphatic rings. The Kier molecular flexibility index (Phi) is 3.92. The Morgan fingerprint density at radius 1 is 1.25 bits per heavy atom. The number of rotatable bonds is 2. The summed E-state index contributed by atoms with van der Waals surface area (Å²) in [5, 5.41) is 0. The maximum atomic E-state index is 12.5. The van der Waals surface area contributed by atoms with Crippen molar-refractivity contribution in [3.05, 3.63) is 18.3 Å². The summed E-state index contributed by atoms with van der Waals surface area (Å²) in [6.45, 7) is -0.284. The van der Waals surface area contributed by atoms with Crippen LogP contribution in [0.25, 0.3) is 0 Å². The lowest BCUT2D eigenvalue weighted by molar-refractivity contribution is -0.182. The van der Waals surface area contributed by atoms with Crippen molar-refractivity contribution in [1.82, 2.24) is 9.29 Å². The largest absolute Gasteiger partial charge is 0.391 e. The second-order valence-electron chi connectivity index (χ2n) is 4.64. The Morgan fingerprint density at radius 2 is 1.85 bits per heavy atom. The maximum Gasteiger partial charge on any atom is 0.391 e. The maximum absolute atomic E-state index is 12.5. The first-order chi connectivity index (χ1) is 9.21. The van der Waals surface area contributed by atoms with E-state index in [2.05, 4.69) is 4.98 Å². The summed E-state index contributed by atoms with van der Waals surface area (Å²) < 4.78 is 63.1. The number of aromatic nitrogens is 1. The number of nitrogens with zero attached hydrogens (tertiary/aromatic N) is 2. The zero-order valence-electron chi connectivity index (χ0n) is 10.5. The normalized spacial score (nSPS) is 19.1. The monoisotopic (exact) mass is 309 g/mol. The van der Waals surface area contributed by atoms with Gasteiger partial charge in [0.05, 0.1) is 5.92 Å². The molecular formula is C11H14F3N3O2S. The zero-order chi connectivity index (χ0) is 15.0. The van der Waals surface area contributed by atoms with Crippen molar-refractivity contribution >= 4 is 15.8 Å². The van der Waals surface area contributed by atoms with Crippen LogP contribution in [-0.2, 0) is 10.0 Å². The molecule has 1 saturated heterocycles. The molecule has 1 aliphatic heterocycles. The fourth-order valence-corrected chi connectivity index (χ4v) is 3.53. The van der Waals surface area contributed by atoms with Crippen molar-refractivity contribution in [3.63, 3.8) is 0 Å². The fourth-order valence-electron chi connectivity index (χ4n) is 2.12. The summed E-state index contributed by atoms with van der Waals surface area (Å²) >= 11 is 0. The van der Waals surface area contributed by atoms with Crippen LogP contribution in [-0.4, -0.2) is 37.0 Å². The van der Waals surface area contributed by atoms with E-state index < -0.39 is 22.1 Å². The molecule has 0 spiro atoms. The summed E-state index contributed by atoms with van der Waals surface area (Å²) in [4.78, 5) is 3.63. The van der Waals surface area contributed by atoms with E-state index in [0.717, 1.165) is 10.5 Å². The van der Waals surface area contributed by atoms with Gasteiger partial charge in [-0.2, -0.15) is 17.5 Å². The van der Waals surface area contributed by atoms with Crippen LogP contribution in [0.5, 0.6) is 0 Å². The van der Waals surface area contributed by atoms with Crippen molar-refractivity contribution in [3.8, 4) is 0 Å². The minimum atomic E-state index is -4.27. The van der Waals surface area contributed by atoms with Gasteiger partial charge in [-0.05, 0) is 25.0 Å². The molecule has 2 rings (SSSR count). The predicted molar refractivity (Wildman–Crippen MR) is 66.2 cm³/mol. The molecular weight excluding hydrogens is 295 g/mol. The van der Waals surface area contributed by atoms with Gasteiger partial charge in [0.2, 0.25) is 10.0 Å². The summed E-state index contributed by atoms with van der Waals surface area (Å²) in [5.41, 5.74) is 5.37. The number of nitrogens with two attached hydrogens (primary N) is 1. The number of hydrogen-bond acceptors (Lipinski definition) is 4. The van der Waals surface area contributed by atoms with Crippen LogP contribution < -0.4 is 5.73 Å². The lowest BCUT2D eigenvalue weighted by Crippen LogP contribution is -2.42. The zero-order valence-corrected chi connectivity index (χ0v) is 11.3. The highest BCUT2D eigenvalue weighted by Crippen LogP contribution is 2.35. The van der Waals surface area contributed by atoms with E-state index in [-0.39, 0.29) is 36.6 Å². The van der Waals surface area contributed by atoms with Crippen LogP contribution in [0.1, 0.15) is 12.8 Å². The highest BCUT2D eigenvalue weighted by Gasteiger charge is 2.43. The number of nitrogen functional groups attached to an aromatic ring is 1. The van der Waals surface area contributed by atoms with Crippen LogP contribution in [0.4, 0.5) is 19.0 Å². The van der Waals surface area contributed by atoms with Gasteiger partial charge in [0.15, 0.2) is 0 Å². The van der Waals surface area contributed by atoms with Gasteiger partial charge in [-0.3, -0.25) is 0 Å². The molecule has 0 saturated carbocycles. The van der Waals surface area contributed by atoms with Crippen molar-refractivity contribution in [2.24, 2.45) is 5.92 Å². The number of halogens is 3. The van der Waals surface area contributed by atoms with Crippen LogP contribution in [0.2, 0.25) is 0 Å². The molecule has 0 atom stereocenters. The predicted octanol–water partition coefficient (Wildman–Crippen LogP) is 1.63. The number of sulfonamides is 1. The Balaban J connectivity index is 2.11. The number of pyridine rings is 1. The molecule has 1 aromatic rings. The highest BCUT2D eigenvalue weighted by atomic mass is 32.2. The van der Waals surface area contributed by atoms with Crippen molar-refractivity contribution < 1.29 is 21.6 Å². The van der Waals surface area contributed by atoms with Gasteiger partial charge >= 0.3 is 6.18 Å². The van der Waals surface area contributed by atoms with Crippen molar-refractivity contribution in [2.45, 2.75) is 23.9 Å². The van der Waals surface area contributed by atoms with Crippen LogP contribution in [0.3, 0.4) is 0 Å². The first-order valence-electron chi connectivity index (χ1n) is 5.99. The Morgan fingerprint density at radius 3 is 2.30 bits per heavy atom. The molecule has 2 N–H and O–H groups in total. The third kappa shape index (κ3) is 3.04. The second kappa shape index (κ2) is 5.21. The molecule has 0 aromatic carbocycles. The Bertz CT molecular complexity index is 564. The molecule has 1 aromatic heterocycles.